The molecule has 2 N–H and O–H groups in total. The zero-order chi connectivity index (χ0) is 17.2. The van der Waals surface area contributed by atoms with Crippen LogP contribution in [0.4, 0.5) is 0 Å². The van der Waals surface area contributed by atoms with Gasteiger partial charge >= 0.3 is 0 Å². The summed E-state index contributed by atoms with van der Waals surface area (Å²) in [6.07, 6.45) is 4.75. The normalized spacial score (nSPS) is 12.5. The summed E-state index contributed by atoms with van der Waals surface area (Å²) in [7, 11) is 0. The van der Waals surface area contributed by atoms with Gasteiger partial charge in [-0.2, -0.15) is 0 Å². The summed E-state index contributed by atoms with van der Waals surface area (Å²) in [5.41, 5.74) is 0. The highest BCUT2D eigenvalue weighted by atomic mass is 127. The molecule has 140 valence electrons. The highest BCUT2D eigenvalue weighted by Gasteiger charge is 2.12. The third kappa shape index (κ3) is 6.93. The van der Waals surface area contributed by atoms with Crippen LogP contribution in [-0.4, -0.2) is 33.8 Å². The lowest BCUT2D eigenvalue weighted by Crippen LogP contribution is -2.40. The van der Waals surface area contributed by atoms with Crippen LogP contribution >= 0.6 is 35.3 Å². The topological polar surface area (TPSA) is 67.1 Å². The van der Waals surface area contributed by atoms with Crippen molar-refractivity contribution in [1.82, 2.24) is 25.4 Å². The summed E-state index contributed by atoms with van der Waals surface area (Å²) >= 11 is 1.78. The molecule has 0 aliphatic heterocycles. The number of aromatic nitrogens is 3. The highest BCUT2D eigenvalue weighted by Crippen LogP contribution is 2.21. The number of thiophene rings is 1. The van der Waals surface area contributed by atoms with Crippen LogP contribution < -0.4 is 10.6 Å². The van der Waals surface area contributed by atoms with Crippen molar-refractivity contribution in [2.45, 2.75) is 52.6 Å². The first-order chi connectivity index (χ1) is 11.8. The number of nitrogens with one attached hydrogen (secondary N) is 2. The molecule has 0 amide bonds. The van der Waals surface area contributed by atoms with Gasteiger partial charge in [0.05, 0.1) is 6.04 Å². The average Bonchev–Trinajstić information content (AvgIpc) is 3.28. The first-order valence-corrected chi connectivity index (χ1v) is 9.61. The van der Waals surface area contributed by atoms with E-state index in [4.69, 9.17) is 0 Å². The Morgan fingerprint density at radius 2 is 2.20 bits per heavy atom. The molecule has 1 unspecified atom stereocenters. The van der Waals surface area contributed by atoms with Crippen molar-refractivity contribution in [3.05, 3.63) is 34.5 Å². The molecule has 2 aromatic rings. The fourth-order valence-corrected chi connectivity index (χ4v) is 3.30. The van der Waals surface area contributed by atoms with Gasteiger partial charge in [0.1, 0.15) is 12.2 Å². The third-order valence-corrected chi connectivity index (χ3v) is 4.74. The van der Waals surface area contributed by atoms with Crippen LogP contribution in [0, 0.1) is 0 Å². The number of rotatable bonds is 9. The molecule has 0 fully saturated rings. The lowest BCUT2D eigenvalue weighted by molar-refractivity contribution is 0.595. The Hall–Kier alpha value is -1.16. The highest BCUT2D eigenvalue weighted by molar-refractivity contribution is 14.0. The Bertz CT molecular complexity index is 610. The predicted octanol–water partition coefficient (Wildman–Crippen LogP) is 3.62. The predicted molar refractivity (Wildman–Crippen MR) is 116 cm³/mol. The Balaban J connectivity index is 0.00000312. The lowest BCUT2D eigenvalue weighted by Gasteiger charge is -2.20. The Kier molecular flexibility index (Phi) is 10.7. The van der Waals surface area contributed by atoms with Gasteiger partial charge in [-0.25, -0.2) is 0 Å². The molecule has 0 saturated heterocycles. The van der Waals surface area contributed by atoms with Gasteiger partial charge in [0, 0.05) is 30.9 Å². The van der Waals surface area contributed by atoms with Gasteiger partial charge < -0.3 is 15.2 Å². The minimum absolute atomic E-state index is 0. The first-order valence-electron chi connectivity index (χ1n) is 8.73. The third-order valence-electron chi connectivity index (χ3n) is 3.76. The number of hydrogen-bond donors (Lipinski definition) is 2. The molecule has 2 aromatic heterocycles. The second-order valence-electron chi connectivity index (χ2n) is 5.57. The van der Waals surface area contributed by atoms with Crippen molar-refractivity contribution < 1.29 is 0 Å². The zero-order valence-corrected chi connectivity index (χ0v) is 18.4. The number of guanidine groups is 1. The van der Waals surface area contributed by atoms with Crippen molar-refractivity contribution in [3.63, 3.8) is 0 Å². The van der Waals surface area contributed by atoms with E-state index in [1.165, 1.54) is 4.88 Å². The van der Waals surface area contributed by atoms with Gasteiger partial charge in [-0.15, -0.1) is 45.5 Å². The molecule has 8 heteroatoms. The van der Waals surface area contributed by atoms with Crippen molar-refractivity contribution in [3.8, 4) is 0 Å². The second kappa shape index (κ2) is 12.2. The van der Waals surface area contributed by atoms with E-state index in [2.05, 4.69) is 68.7 Å². The van der Waals surface area contributed by atoms with Gasteiger partial charge in [-0.3, -0.25) is 4.99 Å². The molecule has 0 bridgehead atoms. The van der Waals surface area contributed by atoms with Crippen LogP contribution in [0.25, 0.3) is 0 Å². The van der Waals surface area contributed by atoms with Crippen molar-refractivity contribution >= 4 is 41.3 Å². The summed E-state index contributed by atoms with van der Waals surface area (Å²) in [5.74, 6) is 1.89. The number of aryl methyl sites for hydroxylation is 1. The van der Waals surface area contributed by atoms with Gasteiger partial charge in [0.15, 0.2) is 5.96 Å². The molecule has 0 spiro atoms. The minimum Gasteiger partial charge on any atom is -0.355 e. The summed E-state index contributed by atoms with van der Waals surface area (Å²) in [6.45, 7) is 8.88. The van der Waals surface area contributed by atoms with E-state index in [1.54, 1.807) is 17.7 Å². The average molecular weight is 476 g/mol. The van der Waals surface area contributed by atoms with E-state index in [-0.39, 0.29) is 24.0 Å². The number of aliphatic imine (C=N–C) groups is 1. The Morgan fingerprint density at radius 1 is 1.36 bits per heavy atom. The molecule has 2 rings (SSSR count). The fraction of sp³-hybridized carbons (Fsp3) is 0.588. The minimum atomic E-state index is 0. The van der Waals surface area contributed by atoms with Crippen LogP contribution in [0.2, 0.25) is 0 Å². The van der Waals surface area contributed by atoms with Crippen molar-refractivity contribution in [1.29, 1.82) is 0 Å². The molecule has 0 aromatic carbocycles. The SMILES string of the molecule is CCCN=C(NCCn1cnnc1CC)NC(CC)c1cccs1.I. The molecule has 6 nitrogen and oxygen atoms in total. The first kappa shape index (κ1) is 21.9. The molecular formula is C17H29IN6S. The van der Waals surface area contributed by atoms with E-state index >= 15 is 0 Å². The summed E-state index contributed by atoms with van der Waals surface area (Å²) in [6, 6.07) is 4.57. The van der Waals surface area contributed by atoms with Crippen LogP contribution in [-0.2, 0) is 13.0 Å². The number of hydrogen-bond acceptors (Lipinski definition) is 4. The van der Waals surface area contributed by atoms with E-state index < -0.39 is 0 Å². The molecule has 0 aliphatic carbocycles. The summed E-state index contributed by atoms with van der Waals surface area (Å²) < 4.78 is 2.08. The zero-order valence-electron chi connectivity index (χ0n) is 15.2. The fourth-order valence-electron chi connectivity index (χ4n) is 2.44. The molecule has 1 atom stereocenters. The van der Waals surface area contributed by atoms with Gasteiger partial charge in [-0.1, -0.05) is 26.8 Å². The van der Waals surface area contributed by atoms with Gasteiger partial charge in [-0.05, 0) is 24.3 Å². The maximum absolute atomic E-state index is 4.66. The Labute approximate surface area is 171 Å². The maximum Gasteiger partial charge on any atom is 0.191 e. The standard InChI is InChI=1S/C17H28N6S.HI/c1-4-9-18-17(21-14(5-2)15-8-7-12-24-15)19-10-11-23-13-20-22-16(23)6-3;/h7-8,12-14H,4-6,9-11H2,1-3H3,(H2,18,19,21);1H. The molecule has 2 heterocycles. The lowest BCUT2D eigenvalue weighted by atomic mass is 10.2. The van der Waals surface area contributed by atoms with Gasteiger partial charge in [0.25, 0.3) is 0 Å². The Morgan fingerprint density at radius 3 is 2.84 bits per heavy atom. The smallest absolute Gasteiger partial charge is 0.191 e. The molecule has 0 saturated carbocycles. The molecule has 25 heavy (non-hydrogen) atoms. The van der Waals surface area contributed by atoms with E-state index in [9.17, 15) is 0 Å². The van der Waals surface area contributed by atoms with Crippen molar-refractivity contribution in [2.24, 2.45) is 4.99 Å². The van der Waals surface area contributed by atoms with Crippen molar-refractivity contribution in [2.75, 3.05) is 13.1 Å². The van der Waals surface area contributed by atoms with Gasteiger partial charge in [0.2, 0.25) is 0 Å². The second-order valence-corrected chi connectivity index (χ2v) is 6.55. The molecule has 0 radical (unpaired) electrons. The number of nitrogens with zero attached hydrogens (tertiary/aromatic N) is 4. The van der Waals surface area contributed by atoms with Crippen LogP contribution in [0.1, 0.15) is 50.4 Å². The van der Waals surface area contributed by atoms with Crippen LogP contribution in [0.3, 0.4) is 0 Å². The van der Waals surface area contributed by atoms with E-state index in [1.807, 2.05) is 0 Å². The monoisotopic (exact) mass is 476 g/mol. The molecular weight excluding hydrogens is 447 g/mol. The quantitative estimate of drug-likeness (QED) is 0.330. The summed E-state index contributed by atoms with van der Waals surface area (Å²) in [4.78, 5) is 6.00. The maximum atomic E-state index is 4.66. The van der Waals surface area contributed by atoms with Crippen LogP contribution in [0.5, 0.6) is 0 Å². The summed E-state index contributed by atoms with van der Waals surface area (Å²) in [5, 5.41) is 17.2. The largest absolute Gasteiger partial charge is 0.355 e. The number of halogens is 1. The molecule has 0 aliphatic rings. The van der Waals surface area contributed by atoms with E-state index in [0.29, 0.717) is 6.04 Å². The van der Waals surface area contributed by atoms with E-state index in [0.717, 1.165) is 50.7 Å². The van der Waals surface area contributed by atoms with Crippen LogP contribution in [0.15, 0.2) is 28.8 Å².